The van der Waals surface area contributed by atoms with E-state index in [1.54, 1.807) is 66.7 Å². The summed E-state index contributed by atoms with van der Waals surface area (Å²) in [6.07, 6.45) is 2.93. The van der Waals surface area contributed by atoms with Gasteiger partial charge in [-0.1, -0.05) is 79.7 Å². The monoisotopic (exact) mass is 684 g/mol. The number of amides is 3. The number of benzene rings is 3. The predicted molar refractivity (Wildman–Crippen MR) is 179 cm³/mol. The number of likely N-dealkylation sites (tertiary alicyclic amines) is 1. The van der Waals surface area contributed by atoms with Crippen LogP contribution >= 0.6 is 0 Å². The van der Waals surface area contributed by atoms with E-state index in [1.165, 1.54) is 35.5 Å². The van der Waals surface area contributed by atoms with E-state index in [-0.39, 0.29) is 36.5 Å². The molecule has 2 heterocycles. The Bertz CT molecular complexity index is 1920. The number of hydrogen-bond donors (Lipinski definition) is 3. The van der Waals surface area contributed by atoms with Gasteiger partial charge in [-0.3, -0.25) is 14.6 Å². The molecular weight excluding hydrogens is 648 g/mol. The standard InChI is InChI=1S/C36H36N4O8S/c1-2-27(32(41)38-36(34(43)44)19-8-22-40(36)33(42)29-17-20-37-21-18-29)23-25-13-15-28(16-14-25)30-11-6-7-12-31(30)49(46,47)39-35(45)48-24-26-9-4-3-5-10-26/h3-7,9-18,20-21,27H,2,8,19,22-24H2,1H3,(H,38,41)(H,39,45)(H,43,44)/t27-,36-/m0/s1. The molecule has 0 saturated carbocycles. The topological polar surface area (TPSA) is 172 Å². The van der Waals surface area contributed by atoms with E-state index in [0.717, 1.165) is 5.56 Å². The van der Waals surface area contributed by atoms with E-state index in [1.807, 2.05) is 17.7 Å². The number of carbonyl (C=O) groups is 4. The first-order chi connectivity index (χ1) is 23.5. The van der Waals surface area contributed by atoms with Crippen molar-refractivity contribution in [2.24, 2.45) is 5.92 Å². The van der Waals surface area contributed by atoms with Gasteiger partial charge in [0, 0.05) is 42.4 Å². The zero-order chi connectivity index (χ0) is 35.0. The number of sulfonamides is 1. The summed E-state index contributed by atoms with van der Waals surface area (Å²) in [5.41, 5.74) is 0.765. The number of aliphatic carboxylic acids is 1. The zero-order valence-electron chi connectivity index (χ0n) is 26.7. The average Bonchev–Trinajstić information content (AvgIpc) is 3.55. The molecule has 1 aliphatic heterocycles. The van der Waals surface area contributed by atoms with Crippen molar-refractivity contribution in [1.82, 2.24) is 19.9 Å². The number of carbonyl (C=O) groups excluding carboxylic acids is 3. The maximum atomic E-state index is 13.6. The summed E-state index contributed by atoms with van der Waals surface area (Å²) in [5, 5.41) is 13.0. The molecule has 3 N–H and O–H groups in total. The molecule has 254 valence electrons. The number of ether oxygens (including phenoxy) is 1. The molecule has 1 saturated heterocycles. The highest BCUT2D eigenvalue weighted by molar-refractivity contribution is 7.90. The predicted octanol–water partition coefficient (Wildman–Crippen LogP) is 4.77. The van der Waals surface area contributed by atoms with Gasteiger partial charge >= 0.3 is 12.1 Å². The number of nitrogens with one attached hydrogen (secondary N) is 2. The highest BCUT2D eigenvalue weighted by Crippen LogP contribution is 2.31. The van der Waals surface area contributed by atoms with Crippen LogP contribution in [0, 0.1) is 5.92 Å². The molecule has 1 aliphatic rings. The van der Waals surface area contributed by atoms with Crippen LogP contribution in [0.5, 0.6) is 0 Å². The quantitative estimate of drug-likeness (QED) is 0.190. The number of aromatic nitrogens is 1. The fraction of sp³-hybridized carbons (Fsp3) is 0.250. The lowest BCUT2D eigenvalue weighted by Crippen LogP contribution is -2.64. The fourth-order valence-electron chi connectivity index (χ4n) is 5.84. The molecule has 0 radical (unpaired) electrons. The van der Waals surface area contributed by atoms with E-state index in [9.17, 15) is 32.7 Å². The first-order valence-electron chi connectivity index (χ1n) is 15.7. The first-order valence-corrected chi connectivity index (χ1v) is 17.2. The summed E-state index contributed by atoms with van der Waals surface area (Å²) in [6, 6.07) is 25.0. The molecule has 0 unspecified atom stereocenters. The van der Waals surface area contributed by atoms with Crippen molar-refractivity contribution in [1.29, 1.82) is 0 Å². The minimum Gasteiger partial charge on any atom is -0.478 e. The Morgan fingerprint density at radius 2 is 1.59 bits per heavy atom. The molecule has 3 aromatic carbocycles. The number of carboxylic acids is 1. The van der Waals surface area contributed by atoms with Crippen LogP contribution in [0.25, 0.3) is 11.1 Å². The summed E-state index contributed by atoms with van der Waals surface area (Å²) in [5.74, 6) is -2.93. The molecule has 12 nitrogen and oxygen atoms in total. The Kier molecular flexibility index (Phi) is 10.7. The fourth-order valence-corrected chi connectivity index (χ4v) is 6.96. The van der Waals surface area contributed by atoms with E-state index in [2.05, 4.69) is 10.3 Å². The third-order valence-electron chi connectivity index (χ3n) is 8.45. The lowest BCUT2D eigenvalue weighted by atomic mass is 9.93. The van der Waals surface area contributed by atoms with Gasteiger partial charge in [0.15, 0.2) is 0 Å². The van der Waals surface area contributed by atoms with Gasteiger partial charge in [0.2, 0.25) is 11.6 Å². The molecule has 0 aliphatic carbocycles. The minimum atomic E-state index is -4.30. The highest BCUT2D eigenvalue weighted by Gasteiger charge is 2.52. The van der Waals surface area contributed by atoms with Gasteiger partial charge in [0.05, 0.1) is 4.90 Å². The van der Waals surface area contributed by atoms with Crippen LogP contribution in [0.15, 0.2) is 108 Å². The molecule has 0 bridgehead atoms. The Morgan fingerprint density at radius 3 is 2.27 bits per heavy atom. The maximum Gasteiger partial charge on any atom is 0.421 e. The number of pyridine rings is 1. The number of nitrogens with zero attached hydrogens (tertiary/aromatic N) is 2. The van der Waals surface area contributed by atoms with E-state index < -0.39 is 45.5 Å². The lowest BCUT2D eigenvalue weighted by Gasteiger charge is -2.36. The van der Waals surface area contributed by atoms with Crippen molar-refractivity contribution in [3.63, 3.8) is 0 Å². The van der Waals surface area contributed by atoms with Crippen LogP contribution in [0.4, 0.5) is 4.79 Å². The third-order valence-corrected chi connectivity index (χ3v) is 9.83. The molecule has 0 spiro atoms. The number of hydrogen-bond acceptors (Lipinski definition) is 8. The SMILES string of the molecule is CC[C@@H](Cc1ccc(-c2ccccc2S(=O)(=O)NC(=O)OCc2ccccc2)cc1)C(=O)N[C@@]1(C(=O)O)CCCN1C(=O)c1ccncc1. The normalized spacial score (nSPS) is 16.4. The molecule has 2 atom stereocenters. The second-order valence-electron chi connectivity index (χ2n) is 11.6. The van der Waals surface area contributed by atoms with Crippen molar-refractivity contribution < 1.29 is 37.4 Å². The number of rotatable bonds is 12. The van der Waals surface area contributed by atoms with Crippen LogP contribution in [0.3, 0.4) is 0 Å². The molecule has 49 heavy (non-hydrogen) atoms. The largest absolute Gasteiger partial charge is 0.478 e. The van der Waals surface area contributed by atoms with E-state index >= 15 is 0 Å². The molecule has 4 aromatic rings. The van der Waals surface area contributed by atoms with Gasteiger partial charge in [-0.25, -0.2) is 22.7 Å². The van der Waals surface area contributed by atoms with Crippen LogP contribution in [0.2, 0.25) is 0 Å². The second kappa shape index (κ2) is 15.1. The van der Waals surface area contributed by atoms with Crippen LogP contribution in [-0.2, 0) is 37.4 Å². The van der Waals surface area contributed by atoms with Gasteiger partial charge in [-0.2, -0.15) is 0 Å². The molecule has 13 heteroatoms. The van der Waals surface area contributed by atoms with Crippen molar-refractivity contribution in [3.8, 4) is 11.1 Å². The van der Waals surface area contributed by atoms with Gasteiger partial charge in [-0.15, -0.1) is 0 Å². The van der Waals surface area contributed by atoms with E-state index in [4.69, 9.17) is 4.74 Å². The Balaban J connectivity index is 1.28. The second-order valence-corrected chi connectivity index (χ2v) is 13.3. The first kappa shape index (κ1) is 34.8. The molecule has 5 rings (SSSR count). The summed E-state index contributed by atoms with van der Waals surface area (Å²) >= 11 is 0. The van der Waals surface area contributed by atoms with Gasteiger partial charge in [0.25, 0.3) is 15.9 Å². The highest BCUT2D eigenvalue weighted by atomic mass is 32.2. The van der Waals surface area contributed by atoms with Crippen LogP contribution < -0.4 is 10.0 Å². The van der Waals surface area contributed by atoms with Crippen molar-refractivity contribution >= 4 is 33.9 Å². The van der Waals surface area contributed by atoms with Gasteiger partial charge in [-0.05, 0) is 54.2 Å². The van der Waals surface area contributed by atoms with Crippen LogP contribution in [0.1, 0.15) is 47.7 Å². The van der Waals surface area contributed by atoms with E-state index in [0.29, 0.717) is 29.5 Å². The van der Waals surface area contributed by atoms with Gasteiger partial charge < -0.3 is 20.1 Å². The number of carboxylic acid groups (broad SMARTS) is 1. The Morgan fingerprint density at radius 1 is 0.918 bits per heavy atom. The minimum absolute atomic E-state index is 0.0674. The Hall–Kier alpha value is -5.56. The van der Waals surface area contributed by atoms with Crippen molar-refractivity contribution in [2.45, 2.75) is 49.8 Å². The maximum absolute atomic E-state index is 13.6. The molecular formula is C36H36N4O8S. The molecule has 3 amide bonds. The summed E-state index contributed by atoms with van der Waals surface area (Å²) < 4.78 is 33.5. The van der Waals surface area contributed by atoms with Crippen molar-refractivity contribution in [2.75, 3.05) is 6.54 Å². The summed E-state index contributed by atoms with van der Waals surface area (Å²) in [4.78, 5) is 56.8. The third kappa shape index (κ3) is 7.95. The van der Waals surface area contributed by atoms with Crippen molar-refractivity contribution in [3.05, 3.63) is 120 Å². The Labute approximate surface area is 284 Å². The summed E-state index contributed by atoms with van der Waals surface area (Å²) in [6.45, 7) is 1.90. The zero-order valence-corrected chi connectivity index (χ0v) is 27.6. The van der Waals surface area contributed by atoms with Gasteiger partial charge in [0.1, 0.15) is 6.61 Å². The summed E-state index contributed by atoms with van der Waals surface area (Å²) in [7, 11) is -4.30. The smallest absolute Gasteiger partial charge is 0.421 e. The molecule has 1 aromatic heterocycles. The molecule has 1 fully saturated rings. The average molecular weight is 685 g/mol. The lowest BCUT2D eigenvalue weighted by molar-refractivity contribution is -0.154. The van der Waals surface area contributed by atoms with Crippen LogP contribution in [-0.4, -0.2) is 59.5 Å².